The zero-order valence-electron chi connectivity index (χ0n) is 23.9. The second kappa shape index (κ2) is 13.2. The highest BCUT2D eigenvalue weighted by molar-refractivity contribution is 8.18. The van der Waals surface area contributed by atoms with Crippen LogP contribution in [-0.2, 0) is 11.3 Å². The molecule has 1 amide bonds. The molecular formula is C34H35N5O2S. The molecule has 1 aromatic heterocycles. The van der Waals surface area contributed by atoms with Crippen molar-refractivity contribution < 1.29 is 9.53 Å². The van der Waals surface area contributed by atoms with Crippen molar-refractivity contribution in [3.8, 4) is 22.7 Å². The predicted molar refractivity (Wildman–Crippen MR) is 171 cm³/mol. The summed E-state index contributed by atoms with van der Waals surface area (Å²) in [6.07, 6.45) is 6.00. The van der Waals surface area contributed by atoms with E-state index in [1.165, 1.54) is 17.3 Å². The van der Waals surface area contributed by atoms with Gasteiger partial charge in [0.15, 0.2) is 5.17 Å². The third-order valence-corrected chi connectivity index (χ3v) is 8.47. The van der Waals surface area contributed by atoms with Crippen LogP contribution in [0.5, 0.6) is 5.75 Å². The number of amides is 1. The average Bonchev–Trinajstić information content (AvgIpc) is 3.62. The number of thioether (sulfide) groups is 1. The molecule has 3 heterocycles. The van der Waals surface area contributed by atoms with Crippen LogP contribution < -0.4 is 4.74 Å². The number of carbonyl (C=O) groups is 1. The number of piperazine rings is 1. The topological polar surface area (TPSA) is 63.0 Å². The summed E-state index contributed by atoms with van der Waals surface area (Å²) in [4.78, 5) is 22.9. The Balaban J connectivity index is 1.20. The molecule has 0 saturated carbocycles. The molecule has 1 saturated heterocycles. The van der Waals surface area contributed by atoms with Gasteiger partial charge in [-0.2, -0.15) is 10.1 Å². The Morgan fingerprint density at radius 1 is 0.929 bits per heavy atom. The van der Waals surface area contributed by atoms with E-state index in [-0.39, 0.29) is 5.91 Å². The van der Waals surface area contributed by atoms with Gasteiger partial charge in [0.05, 0.1) is 17.2 Å². The van der Waals surface area contributed by atoms with Crippen LogP contribution in [0.15, 0.2) is 101 Å². The third kappa shape index (κ3) is 6.66. The molecule has 0 spiro atoms. The number of benzene rings is 3. The second-order valence-corrected chi connectivity index (χ2v) is 11.5. The van der Waals surface area contributed by atoms with E-state index in [1.807, 2.05) is 71.6 Å². The highest BCUT2D eigenvalue weighted by Gasteiger charge is 2.29. The van der Waals surface area contributed by atoms with E-state index in [0.717, 1.165) is 79.0 Å². The van der Waals surface area contributed by atoms with Crippen molar-refractivity contribution >= 4 is 28.9 Å². The van der Waals surface area contributed by atoms with E-state index in [1.54, 1.807) is 0 Å². The summed E-state index contributed by atoms with van der Waals surface area (Å²) in [5.74, 6) is 0.619. The fourth-order valence-electron chi connectivity index (χ4n) is 5.11. The number of aromatic nitrogens is 2. The van der Waals surface area contributed by atoms with Crippen LogP contribution in [0.1, 0.15) is 30.9 Å². The Morgan fingerprint density at radius 3 is 2.45 bits per heavy atom. The highest BCUT2D eigenvalue weighted by atomic mass is 32.2. The number of unbranched alkanes of at least 4 members (excludes halogenated alkanes) is 1. The van der Waals surface area contributed by atoms with E-state index >= 15 is 0 Å². The summed E-state index contributed by atoms with van der Waals surface area (Å²) in [5.41, 5.74) is 4.88. The lowest BCUT2D eigenvalue weighted by Gasteiger charge is -2.35. The molecule has 0 bridgehead atoms. The predicted octanol–water partition coefficient (Wildman–Crippen LogP) is 6.51. The molecule has 0 atom stereocenters. The maximum absolute atomic E-state index is 13.1. The van der Waals surface area contributed by atoms with Gasteiger partial charge in [-0.25, -0.2) is 4.68 Å². The molecule has 6 rings (SSSR count). The zero-order valence-corrected chi connectivity index (χ0v) is 24.7. The van der Waals surface area contributed by atoms with Crippen LogP contribution in [0.2, 0.25) is 0 Å². The van der Waals surface area contributed by atoms with E-state index in [0.29, 0.717) is 11.5 Å². The number of rotatable bonds is 9. The fourth-order valence-corrected chi connectivity index (χ4v) is 6.07. The molecule has 214 valence electrons. The van der Waals surface area contributed by atoms with Crippen LogP contribution in [0, 0.1) is 0 Å². The normalized spacial score (nSPS) is 16.7. The Labute approximate surface area is 251 Å². The van der Waals surface area contributed by atoms with Crippen LogP contribution in [0.25, 0.3) is 23.0 Å². The highest BCUT2D eigenvalue weighted by Crippen LogP contribution is 2.34. The second-order valence-electron chi connectivity index (χ2n) is 10.5. The number of amidine groups is 1. The number of hydrogen-bond donors (Lipinski definition) is 0. The van der Waals surface area contributed by atoms with Gasteiger partial charge >= 0.3 is 0 Å². The standard InChI is InChI=1S/C34H35N5O2S/c1-2-3-21-41-30-16-10-13-27(22-30)32-28(25-39(36-32)29-14-8-5-9-15-29)23-31-33(40)35-34(42-31)38-19-17-37(18-20-38)24-26-11-6-4-7-12-26/h4-16,22-23,25H,2-3,17-21,24H2,1H3. The summed E-state index contributed by atoms with van der Waals surface area (Å²) < 4.78 is 7.84. The number of para-hydroxylation sites is 1. The van der Waals surface area contributed by atoms with Gasteiger partial charge in [-0.3, -0.25) is 9.69 Å². The van der Waals surface area contributed by atoms with Crippen LogP contribution in [0.3, 0.4) is 0 Å². The molecule has 4 aromatic rings. The van der Waals surface area contributed by atoms with Crippen molar-refractivity contribution in [2.75, 3.05) is 32.8 Å². The number of carbonyl (C=O) groups excluding carboxylic acids is 1. The maximum atomic E-state index is 13.1. The summed E-state index contributed by atoms with van der Waals surface area (Å²) in [5, 5.41) is 5.74. The lowest BCUT2D eigenvalue weighted by molar-refractivity contribution is -0.113. The molecule has 42 heavy (non-hydrogen) atoms. The number of ether oxygens (including phenoxy) is 1. The number of aliphatic imine (C=N–C) groups is 1. The fraction of sp³-hybridized carbons (Fsp3) is 0.265. The van der Waals surface area contributed by atoms with Crippen LogP contribution in [0.4, 0.5) is 0 Å². The summed E-state index contributed by atoms with van der Waals surface area (Å²) >= 11 is 1.46. The smallest absolute Gasteiger partial charge is 0.286 e. The first kappa shape index (κ1) is 28.0. The molecule has 3 aromatic carbocycles. The van der Waals surface area contributed by atoms with Crippen molar-refractivity contribution in [3.63, 3.8) is 0 Å². The molecule has 2 aliphatic heterocycles. The molecule has 2 aliphatic rings. The lowest BCUT2D eigenvalue weighted by Crippen LogP contribution is -2.47. The van der Waals surface area contributed by atoms with Gasteiger partial charge < -0.3 is 9.64 Å². The summed E-state index contributed by atoms with van der Waals surface area (Å²) in [6.45, 7) is 7.35. The Morgan fingerprint density at radius 2 is 1.69 bits per heavy atom. The van der Waals surface area contributed by atoms with Crippen LogP contribution >= 0.6 is 11.8 Å². The minimum atomic E-state index is -0.197. The van der Waals surface area contributed by atoms with Gasteiger partial charge in [0.1, 0.15) is 11.4 Å². The molecule has 0 unspecified atom stereocenters. The molecule has 1 fully saturated rings. The van der Waals surface area contributed by atoms with Gasteiger partial charge in [-0.05, 0) is 54.1 Å². The minimum Gasteiger partial charge on any atom is -0.494 e. The van der Waals surface area contributed by atoms with E-state index in [2.05, 4.69) is 52.0 Å². The maximum Gasteiger partial charge on any atom is 0.286 e. The summed E-state index contributed by atoms with van der Waals surface area (Å²) in [6, 6.07) is 28.6. The van der Waals surface area contributed by atoms with Crippen LogP contribution in [-0.4, -0.2) is 63.4 Å². The Hall–Kier alpha value is -4.14. The number of nitrogens with zero attached hydrogens (tertiary/aromatic N) is 5. The van der Waals surface area contributed by atoms with Gasteiger partial charge in [0, 0.05) is 50.0 Å². The van der Waals surface area contributed by atoms with E-state index in [4.69, 9.17) is 9.84 Å². The Kier molecular flexibility index (Phi) is 8.82. The quantitative estimate of drug-likeness (QED) is 0.167. The Bertz CT molecular complexity index is 1570. The lowest BCUT2D eigenvalue weighted by atomic mass is 10.1. The van der Waals surface area contributed by atoms with Crippen molar-refractivity contribution in [3.05, 3.63) is 107 Å². The van der Waals surface area contributed by atoms with Gasteiger partial charge in [0.25, 0.3) is 5.91 Å². The molecule has 0 radical (unpaired) electrons. The van der Waals surface area contributed by atoms with E-state index < -0.39 is 0 Å². The third-order valence-electron chi connectivity index (χ3n) is 7.43. The molecule has 7 nitrogen and oxygen atoms in total. The first-order chi connectivity index (χ1) is 20.7. The van der Waals surface area contributed by atoms with Crippen molar-refractivity contribution in [1.82, 2.24) is 19.6 Å². The molecule has 0 aliphatic carbocycles. The molecular weight excluding hydrogens is 542 g/mol. The van der Waals surface area contributed by atoms with Crippen molar-refractivity contribution in [2.45, 2.75) is 26.3 Å². The first-order valence-electron chi connectivity index (χ1n) is 14.6. The van der Waals surface area contributed by atoms with Gasteiger partial charge in [-0.15, -0.1) is 0 Å². The van der Waals surface area contributed by atoms with E-state index in [9.17, 15) is 4.79 Å². The molecule has 8 heteroatoms. The monoisotopic (exact) mass is 577 g/mol. The van der Waals surface area contributed by atoms with Crippen molar-refractivity contribution in [1.29, 1.82) is 0 Å². The SMILES string of the molecule is CCCCOc1cccc(-c2nn(-c3ccccc3)cc2C=C2SC(N3CCN(Cc4ccccc4)CC3)=NC2=O)c1. The zero-order chi connectivity index (χ0) is 28.7. The largest absolute Gasteiger partial charge is 0.494 e. The first-order valence-corrected chi connectivity index (χ1v) is 15.4. The molecule has 0 N–H and O–H groups in total. The van der Waals surface area contributed by atoms with Crippen molar-refractivity contribution in [2.24, 2.45) is 4.99 Å². The number of hydrogen-bond acceptors (Lipinski definition) is 6. The minimum absolute atomic E-state index is 0.197. The summed E-state index contributed by atoms with van der Waals surface area (Å²) in [7, 11) is 0. The average molecular weight is 578 g/mol. The van der Waals surface area contributed by atoms with Gasteiger partial charge in [-0.1, -0.05) is 74.0 Å². The van der Waals surface area contributed by atoms with Gasteiger partial charge in [0.2, 0.25) is 0 Å².